The van der Waals surface area contributed by atoms with Crippen LogP contribution in [-0.4, -0.2) is 56.1 Å². The molecule has 0 saturated heterocycles. The van der Waals surface area contributed by atoms with Crippen LogP contribution in [0.25, 0.3) is 10.2 Å². The number of nitrogens with zero attached hydrogens (tertiary/aromatic N) is 3. The Morgan fingerprint density at radius 1 is 0.970 bits per heavy atom. The van der Waals surface area contributed by atoms with Crippen molar-refractivity contribution in [1.82, 2.24) is 9.88 Å². The zero-order chi connectivity index (χ0) is 24.2. The van der Waals surface area contributed by atoms with Gasteiger partial charge < -0.3 is 4.90 Å². The highest BCUT2D eigenvalue weighted by Crippen LogP contribution is 2.32. The van der Waals surface area contributed by atoms with E-state index in [-0.39, 0.29) is 23.0 Å². The van der Waals surface area contributed by atoms with Crippen LogP contribution in [0, 0.1) is 20.8 Å². The number of hydrogen-bond donors (Lipinski definition) is 0. The zero-order valence-corrected chi connectivity index (χ0v) is 21.7. The summed E-state index contributed by atoms with van der Waals surface area (Å²) < 4.78 is 26.6. The molecule has 0 aliphatic heterocycles. The number of anilines is 1. The number of aryl methyl sites for hydroxylation is 3. The van der Waals surface area contributed by atoms with Crippen LogP contribution in [0.3, 0.4) is 0 Å². The van der Waals surface area contributed by atoms with Gasteiger partial charge in [0.2, 0.25) is 5.91 Å². The summed E-state index contributed by atoms with van der Waals surface area (Å²) in [4.78, 5) is 22.3. The van der Waals surface area contributed by atoms with Gasteiger partial charge in [-0.1, -0.05) is 48.9 Å². The molecule has 3 rings (SSSR count). The van der Waals surface area contributed by atoms with Gasteiger partial charge in [0.1, 0.15) is 0 Å². The Labute approximate surface area is 201 Å². The second-order valence-corrected chi connectivity index (χ2v) is 11.4. The average Bonchev–Trinajstić information content (AvgIpc) is 3.23. The Bertz CT molecular complexity index is 1210. The lowest BCUT2D eigenvalue weighted by Crippen LogP contribution is -2.39. The number of fused-ring (bicyclic) bond motifs is 1. The number of aromatic nitrogens is 1. The molecule has 0 spiro atoms. The van der Waals surface area contributed by atoms with Crippen molar-refractivity contribution in [3.63, 3.8) is 0 Å². The second-order valence-electron chi connectivity index (χ2n) is 8.30. The summed E-state index contributed by atoms with van der Waals surface area (Å²) in [5, 5.41) is 0.628. The Balaban J connectivity index is 1.85. The molecule has 0 bridgehead atoms. The molecule has 0 aliphatic carbocycles. The van der Waals surface area contributed by atoms with Crippen molar-refractivity contribution in [1.29, 1.82) is 0 Å². The van der Waals surface area contributed by atoms with Gasteiger partial charge >= 0.3 is 0 Å². The number of benzene rings is 2. The third-order valence-electron chi connectivity index (χ3n) is 6.10. The summed E-state index contributed by atoms with van der Waals surface area (Å²) >= 11 is 1.48. The minimum Gasteiger partial charge on any atom is -0.302 e. The molecule has 1 heterocycles. The Kier molecular flexibility index (Phi) is 8.26. The average molecular weight is 488 g/mol. The van der Waals surface area contributed by atoms with E-state index < -0.39 is 9.84 Å². The lowest BCUT2D eigenvalue weighted by molar-refractivity contribution is -0.118. The molecule has 178 valence electrons. The largest absolute Gasteiger partial charge is 0.302 e. The molecule has 33 heavy (non-hydrogen) atoms. The van der Waals surface area contributed by atoms with Gasteiger partial charge in [0.05, 0.1) is 20.9 Å². The van der Waals surface area contributed by atoms with Crippen LogP contribution in [0.4, 0.5) is 5.13 Å². The molecule has 0 saturated carbocycles. The molecule has 3 aromatic rings. The lowest BCUT2D eigenvalue weighted by Gasteiger charge is -2.24. The van der Waals surface area contributed by atoms with Crippen LogP contribution in [0.1, 0.15) is 37.0 Å². The maximum atomic E-state index is 13.3. The third kappa shape index (κ3) is 5.99. The molecule has 1 amide bonds. The van der Waals surface area contributed by atoms with Crippen molar-refractivity contribution < 1.29 is 13.2 Å². The van der Waals surface area contributed by atoms with Crippen LogP contribution < -0.4 is 4.90 Å². The van der Waals surface area contributed by atoms with E-state index in [9.17, 15) is 13.2 Å². The Morgan fingerprint density at radius 2 is 1.64 bits per heavy atom. The summed E-state index contributed by atoms with van der Waals surface area (Å²) in [7, 11) is -3.54. The van der Waals surface area contributed by atoms with Crippen molar-refractivity contribution in [3.8, 4) is 0 Å². The van der Waals surface area contributed by atoms with E-state index in [1.54, 1.807) is 29.2 Å². The number of hydrogen-bond acceptors (Lipinski definition) is 6. The van der Waals surface area contributed by atoms with Gasteiger partial charge in [-0.15, -0.1) is 0 Å². The summed E-state index contributed by atoms with van der Waals surface area (Å²) in [6.07, 6.45) is -0.0810. The van der Waals surface area contributed by atoms with Crippen LogP contribution in [0.5, 0.6) is 0 Å². The monoisotopic (exact) mass is 487 g/mol. The predicted molar refractivity (Wildman–Crippen MR) is 137 cm³/mol. The smallest absolute Gasteiger partial charge is 0.229 e. The molecule has 2 aromatic carbocycles. The minimum absolute atomic E-state index is 0.0810. The standard InChI is InChI=1S/C25H33N3O3S2/c1-6-27(7-2)15-16-28(25-26-24-20(5)19(4)10-13-22(24)32-25)23(29)14-17-33(30,31)21-11-8-18(3)9-12-21/h8-13H,6-7,14-17H2,1-5H3. The molecule has 0 fully saturated rings. The summed E-state index contributed by atoms with van der Waals surface area (Å²) in [6.45, 7) is 13.1. The van der Waals surface area contributed by atoms with Gasteiger partial charge in [-0.05, 0) is 63.2 Å². The fourth-order valence-electron chi connectivity index (χ4n) is 3.66. The normalized spacial score (nSPS) is 11.9. The van der Waals surface area contributed by atoms with E-state index in [4.69, 9.17) is 4.98 Å². The first kappa shape index (κ1) is 25.3. The highest BCUT2D eigenvalue weighted by atomic mass is 32.2. The zero-order valence-electron chi connectivity index (χ0n) is 20.1. The summed E-state index contributed by atoms with van der Waals surface area (Å²) in [6, 6.07) is 10.9. The molecule has 0 radical (unpaired) electrons. The first-order valence-corrected chi connectivity index (χ1v) is 13.8. The van der Waals surface area contributed by atoms with E-state index >= 15 is 0 Å². The molecule has 6 nitrogen and oxygen atoms in total. The van der Waals surface area contributed by atoms with Crippen LogP contribution in [0.15, 0.2) is 41.3 Å². The topological polar surface area (TPSA) is 70.6 Å². The summed E-state index contributed by atoms with van der Waals surface area (Å²) in [5.41, 5.74) is 4.16. The molecular formula is C25H33N3O3S2. The molecule has 0 N–H and O–H groups in total. The number of sulfone groups is 1. The van der Waals surface area contributed by atoms with Crippen LogP contribution in [0.2, 0.25) is 0 Å². The number of likely N-dealkylation sites (N-methyl/N-ethyl adjacent to an activating group) is 1. The minimum atomic E-state index is -3.54. The second kappa shape index (κ2) is 10.8. The lowest BCUT2D eigenvalue weighted by atomic mass is 10.1. The number of carbonyl (C=O) groups excluding carboxylic acids is 1. The number of rotatable bonds is 10. The van der Waals surface area contributed by atoms with Crippen molar-refractivity contribution in [2.24, 2.45) is 0 Å². The van der Waals surface area contributed by atoms with Gasteiger partial charge in [-0.2, -0.15) is 0 Å². The first-order valence-electron chi connectivity index (χ1n) is 11.3. The van der Waals surface area contributed by atoms with Gasteiger partial charge in [-0.3, -0.25) is 9.69 Å². The van der Waals surface area contributed by atoms with E-state index in [1.807, 2.05) is 26.8 Å². The molecule has 0 aliphatic rings. The third-order valence-corrected chi connectivity index (χ3v) is 8.88. The highest BCUT2D eigenvalue weighted by molar-refractivity contribution is 7.91. The van der Waals surface area contributed by atoms with Gasteiger partial charge in [-0.25, -0.2) is 13.4 Å². The number of thiazole rings is 1. The molecule has 1 aromatic heterocycles. The first-order chi connectivity index (χ1) is 15.7. The molecule has 0 atom stereocenters. The van der Waals surface area contributed by atoms with E-state index in [2.05, 4.69) is 24.8 Å². The number of carbonyl (C=O) groups is 1. The SMILES string of the molecule is CCN(CC)CCN(C(=O)CCS(=O)(=O)c1ccc(C)cc1)c1nc2c(C)c(C)ccc2s1. The quantitative estimate of drug-likeness (QED) is 0.412. The molecule has 8 heteroatoms. The van der Waals surface area contributed by atoms with Gasteiger partial charge in [0.15, 0.2) is 15.0 Å². The number of amides is 1. The molecular weight excluding hydrogens is 454 g/mol. The highest BCUT2D eigenvalue weighted by Gasteiger charge is 2.24. The Morgan fingerprint density at radius 3 is 2.27 bits per heavy atom. The van der Waals surface area contributed by atoms with Gasteiger partial charge in [0.25, 0.3) is 0 Å². The maximum absolute atomic E-state index is 13.3. The van der Waals surface area contributed by atoms with E-state index in [0.29, 0.717) is 18.2 Å². The molecule has 0 unspecified atom stereocenters. The van der Waals surface area contributed by atoms with E-state index in [1.165, 1.54) is 11.3 Å². The van der Waals surface area contributed by atoms with E-state index in [0.717, 1.165) is 40.0 Å². The summed E-state index contributed by atoms with van der Waals surface area (Å²) in [5.74, 6) is -0.439. The van der Waals surface area contributed by atoms with Crippen molar-refractivity contribution >= 4 is 42.4 Å². The maximum Gasteiger partial charge on any atom is 0.229 e. The van der Waals surface area contributed by atoms with Gasteiger partial charge in [0, 0.05) is 19.5 Å². The van der Waals surface area contributed by atoms with Crippen LogP contribution in [-0.2, 0) is 14.6 Å². The van der Waals surface area contributed by atoms with Crippen LogP contribution >= 0.6 is 11.3 Å². The fraction of sp³-hybridized carbons (Fsp3) is 0.440. The fourth-order valence-corrected chi connectivity index (χ4v) is 5.96. The van der Waals surface area contributed by atoms with Crippen molar-refractivity contribution in [2.75, 3.05) is 36.8 Å². The predicted octanol–water partition coefficient (Wildman–Crippen LogP) is 4.76. The van der Waals surface area contributed by atoms with Crippen molar-refractivity contribution in [2.45, 2.75) is 45.9 Å². The van der Waals surface area contributed by atoms with Crippen molar-refractivity contribution in [3.05, 3.63) is 53.1 Å². The Hall–Kier alpha value is -2.29.